The minimum absolute atomic E-state index is 0.233. The highest BCUT2D eigenvalue weighted by atomic mass is 16.6. The largest absolute Gasteiger partial charge is 0.369 e. The molecule has 2 atom stereocenters. The first-order valence-corrected chi connectivity index (χ1v) is 11.2. The van der Waals surface area contributed by atoms with Crippen molar-refractivity contribution in [3.63, 3.8) is 0 Å². The molecule has 1 aliphatic carbocycles. The van der Waals surface area contributed by atoms with E-state index < -0.39 is 22.6 Å². The SMILES string of the molecule is CC(CN1CCC(C#N)(C(=O)NO[CH]CC2CCCCC2)C1)(C(N)=O)c1ccccc1. The number of amides is 2. The summed E-state index contributed by atoms with van der Waals surface area (Å²) in [5.41, 5.74) is 6.92. The molecule has 0 spiro atoms. The molecule has 3 rings (SSSR count). The number of nitrogens with two attached hydrogens (primary N) is 1. The average molecular weight is 426 g/mol. The van der Waals surface area contributed by atoms with Gasteiger partial charge in [-0.25, -0.2) is 5.48 Å². The van der Waals surface area contributed by atoms with Crippen LogP contribution in [0.4, 0.5) is 0 Å². The summed E-state index contributed by atoms with van der Waals surface area (Å²) in [5.74, 6) is -0.252. The molecule has 1 aromatic carbocycles. The standard InChI is InChI=1S/C24H33N4O3/c1-23(21(26)29,20-10-6-3-7-11-20)17-28-14-13-24(16-25,18-28)22(30)27-31-15-12-19-8-4-2-5-9-19/h3,6-7,10-11,15,19H,2,4-5,8-9,12-14,17-18H2,1H3,(H2,26,29)(H,27,30). The molecule has 3 N–H and O–H groups in total. The third kappa shape index (κ3) is 5.44. The Hall–Kier alpha value is -2.43. The number of carbonyl (C=O) groups is 2. The number of nitriles is 1. The number of nitrogens with zero attached hydrogens (tertiary/aromatic N) is 2. The molecule has 1 aliphatic heterocycles. The van der Waals surface area contributed by atoms with Crippen molar-refractivity contribution in [3.8, 4) is 6.07 Å². The lowest BCUT2D eigenvalue weighted by molar-refractivity contribution is -0.138. The number of carbonyl (C=O) groups excluding carboxylic acids is 2. The quantitative estimate of drug-likeness (QED) is 0.467. The van der Waals surface area contributed by atoms with Crippen LogP contribution in [0.2, 0.25) is 0 Å². The smallest absolute Gasteiger partial charge is 0.265 e. The number of hydroxylamine groups is 1. The molecule has 1 aromatic rings. The second-order valence-corrected chi connectivity index (χ2v) is 9.17. The Morgan fingerprint density at radius 3 is 2.68 bits per heavy atom. The van der Waals surface area contributed by atoms with E-state index in [0.717, 1.165) is 12.0 Å². The van der Waals surface area contributed by atoms with Crippen molar-refractivity contribution in [2.24, 2.45) is 17.1 Å². The number of hydrogen-bond donors (Lipinski definition) is 2. The topological polar surface area (TPSA) is 108 Å². The fraction of sp³-hybridized carbons (Fsp3) is 0.583. The molecule has 0 aromatic heterocycles. The normalized spacial score (nSPS) is 24.3. The molecule has 2 amide bonds. The van der Waals surface area contributed by atoms with Crippen molar-refractivity contribution < 1.29 is 14.4 Å². The highest BCUT2D eigenvalue weighted by Crippen LogP contribution is 2.34. The molecule has 1 radical (unpaired) electrons. The van der Waals surface area contributed by atoms with Crippen LogP contribution in [-0.4, -0.2) is 36.3 Å². The zero-order chi connectivity index (χ0) is 22.3. The van der Waals surface area contributed by atoms with E-state index in [2.05, 4.69) is 11.5 Å². The van der Waals surface area contributed by atoms with Gasteiger partial charge in [-0.2, -0.15) is 5.26 Å². The molecule has 7 heteroatoms. The van der Waals surface area contributed by atoms with Gasteiger partial charge in [0.2, 0.25) is 5.91 Å². The van der Waals surface area contributed by atoms with Gasteiger partial charge in [0.05, 0.1) is 11.5 Å². The first kappa shape index (κ1) is 23.2. The molecule has 167 valence electrons. The maximum atomic E-state index is 12.8. The fourth-order valence-electron chi connectivity index (χ4n) is 4.72. The number of rotatable bonds is 9. The van der Waals surface area contributed by atoms with Crippen molar-refractivity contribution in [3.05, 3.63) is 42.5 Å². The lowest BCUT2D eigenvalue weighted by atomic mass is 9.81. The third-order valence-corrected chi connectivity index (χ3v) is 6.88. The second-order valence-electron chi connectivity index (χ2n) is 9.17. The van der Waals surface area contributed by atoms with Crippen LogP contribution in [-0.2, 0) is 19.8 Å². The highest BCUT2D eigenvalue weighted by molar-refractivity contribution is 5.87. The zero-order valence-electron chi connectivity index (χ0n) is 18.3. The van der Waals surface area contributed by atoms with Crippen LogP contribution in [0.25, 0.3) is 0 Å². The van der Waals surface area contributed by atoms with E-state index in [1.165, 1.54) is 32.1 Å². The Morgan fingerprint density at radius 1 is 1.32 bits per heavy atom. The van der Waals surface area contributed by atoms with Gasteiger partial charge in [0.1, 0.15) is 6.61 Å². The van der Waals surface area contributed by atoms with Crippen LogP contribution < -0.4 is 11.2 Å². The Labute approximate surface area is 184 Å². The van der Waals surface area contributed by atoms with Crippen LogP contribution >= 0.6 is 0 Å². The van der Waals surface area contributed by atoms with Gasteiger partial charge < -0.3 is 5.73 Å². The van der Waals surface area contributed by atoms with Crippen LogP contribution in [0.1, 0.15) is 57.4 Å². The van der Waals surface area contributed by atoms with Gasteiger partial charge >= 0.3 is 0 Å². The maximum Gasteiger partial charge on any atom is 0.265 e. The molecular formula is C24H33N4O3. The summed E-state index contributed by atoms with van der Waals surface area (Å²) in [5, 5.41) is 9.79. The number of nitrogens with one attached hydrogen (secondary N) is 1. The van der Waals surface area contributed by atoms with E-state index >= 15 is 0 Å². The first-order valence-electron chi connectivity index (χ1n) is 11.2. The fourth-order valence-corrected chi connectivity index (χ4v) is 4.72. The Kier molecular flexibility index (Phi) is 7.69. The number of benzene rings is 1. The highest BCUT2D eigenvalue weighted by Gasteiger charge is 2.48. The predicted octanol–water partition coefficient (Wildman–Crippen LogP) is 2.83. The molecular weight excluding hydrogens is 392 g/mol. The van der Waals surface area contributed by atoms with Gasteiger partial charge in [0, 0.05) is 19.6 Å². The molecule has 2 aliphatic rings. The van der Waals surface area contributed by atoms with E-state index in [9.17, 15) is 14.9 Å². The monoisotopic (exact) mass is 425 g/mol. The Balaban J connectivity index is 1.55. The minimum Gasteiger partial charge on any atom is -0.369 e. The number of primary amides is 1. The Bertz CT molecular complexity index is 803. The summed E-state index contributed by atoms with van der Waals surface area (Å²) in [6.07, 6.45) is 7.39. The van der Waals surface area contributed by atoms with Crippen molar-refractivity contribution in [1.29, 1.82) is 5.26 Å². The predicted molar refractivity (Wildman–Crippen MR) is 117 cm³/mol. The number of likely N-dealkylation sites (tertiary alicyclic amines) is 1. The van der Waals surface area contributed by atoms with Crippen LogP contribution in [0.3, 0.4) is 0 Å². The molecule has 31 heavy (non-hydrogen) atoms. The van der Waals surface area contributed by atoms with Gasteiger partial charge in [-0.15, -0.1) is 0 Å². The van der Waals surface area contributed by atoms with Gasteiger partial charge in [0.15, 0.2) is 5.41 Å². The third-order valence-electron chi connectivity index (χ3n) is 6.88. The zero-order valence-corrected chi connectivity index (χ0v) is 18.3. The van der Waals surface area contributed by atoms with Crippen molar-refractivity contribution >= 4 is 11.8 Å². The average Bonchev–Trinajstić information content (AvgIpc) is 3.22. The summed E-state index contributed by atoms with van der Waals surface area (Å²) >= 11 is 0. The molecule has 0 bridgehead atoms. The van der Waals surface area contributed by atoms with Crippen molar-refractivity contribution in [2.45, 2.75) is 57.3 Å². The van der Waals surface area contributed by atoms with E-state index in [4.69, 9.17) is 10.6 Å². The molecule has 1 saturated heterocycles. The summed E-state index contributed by atoms with van der Waals surface area (Å²) in [6, 6.07) is 11.6. The molecule has 2 unspecified atom stereocenters. The van der Waals surface area contributed by atoms with Crippen LogP contribution in [0.15, 0.2) is 30.3 Å². The minimum atomic E-state index is -1.20. The van der Waals surface area contributed by atoms with E-state index in [0.29, 0.717) is 25.4 Å². The molecule has 1 saturated carbocycles. The summed E-state index contributed by atoms with van der Waals surface area (Å²) in [7, 11) is 0. The van der Waals surface area contributed by atoms with Crippen molar-refractivity contribution in [2.75, 3.05) is 19.6 Å². The molecule has 7 nitrogen and oxygen atoms in total. The molecule has 1 heterocycles. The first-order chi connectivity index (χ1) is 14.9. The summed E-state index contributed by atoms with van der Waals surface area (Å²) in [6.45, 7) is 4.56. The van der Waals surface area contributed by atoms with E-state index in [-0.39, 0.29) is 6.54 Å². The lowest BCUT2D eigenvalue weighted by Gasteiger charge is -2.32. The Morgan fingerprint density at radius 2 is 2.03 bits per heavy atom. The molecule has 2 fully saturated rings. The van der Waals surface area contributed by atoms with E-state index in [1.807, 2.05) is 35.2 Å². The van der Waals surface area contributed by atoms with E-state index in [1.54, 1.807) is 13.5 Å². The van der Waals surface area contributed by atoms with Gasteiger partial charge in [-0.1, -0.05) is 62.4 Å². The van der Waals surface area contributed by atoms with Crippen LogP contribution in [0.5, 0.6) is 0 Å². The second kappa shape index (κ2) is 10.3. The van der Waals surface area contributed by atoms with Crippen molar-refractivity contribution in [1.82, 2.24) is 10.4 Å². The number of hydrogen-bond acceptors (Lipinski definition) is 5. The van der Waals surface area contributed by atoms with Crippen LogP contribution in [0, 0.1) is 29.3 Å². The van der Waals surface area contributed by atoms with Gasteiger partial charge in [0.25, 0.3) is 5.91 Å². The summed E-state index contributed by atoms with van der Waals surface area (Å²) < 4.78 is 0. The lowest BCUT2D eigenvalue weighted by Crippen LogP contribution is -2.49. The van der Waals surface area contributed by atoms with Gasteiger partial charge in [-0.3, -0.25) is 19.3 Å². The van der Waals surface area contributed by atoms with Gasteiger partial charge in [-0.05, 0) is 31.2 Å². The maximum absolute atomic E-state index is 12.8. The summed E-state index contributed by atoms with van der Waals surface area (Å²) in [4.78, 5) is 32.4.